The summed E-state index contributed by atoms with van der Waals surface area (Å²) in [7, 11) is -5.14. The van der Waals surface area contributed by atoms with Crippen LogP contribution in [0.4, 0.5) is 5.69 Å². The van der Waals surface area contributed by atoms with Crippen LogP contribution in [0, 0.1) is 6.92 Å². The third-order valence-corrected chi connectivity index (χ3v) is 9.08. The molecule has 1 aliphatic rings. The number of anilines is 1. The normalized spacial score (nSPS) is 15.2. The van der Waals surface area contributed by atoms with E-state index in [1.54, 1.807) is 16.4 Å². The van der Waals surface area contributed by atoms with Crippen molar-refractivity contribution in [2.75, 3.05) is 10.8 Å². The van der Waals surface area contributed by atoms with Crippen molar-refractivity contribution in [1.82, 2.24) is 4.98 Å². The lowest BCUT2D eigenvalue weighted by molar-refractivity contribution is 0.589. The molecule has 1 N–H and O–H groups in total. The number of hydrogen-bond donors (Lipinski definition) is 1. The summed E-state index contributed by atoms with van der Waals surface area (Å²) in [5, 5.41) is 2.43. The number of benzene rings is 2. The summed E-state index contributed by atoms with van der Waals surface area (Å²) in [4.78, 5) is 3.98. The van der Waals surface area contributed by atoms with E-state index < -0.39 is 18.1 Å². The molecule has 0 spiro atoms. The Morgan fingerprint density at radius 3 is 2.41 bits per heavy atom. The molecule has 6 heteroatoms. The maximum absolute atomic E-state index is 13.4. The summed E-state index contributed by atoms with van der Waals surface area (Å²) in [6.07, 6.45) is 1.74. The van der Waals surface area contributed by atoms with Crippen LogP contribution in [0.25, 0.3) is 10.9 Å². The minimum atomic E-state index is -3.59. The molecule has 1 aromatic heterocycles. The van der Waals surface area contributed by atoms with Gasteiger partial charge in [-0.2, -0.15) is 0 Å². The van der Waals surface area contributed by atoms with Gasteiger partial charge in [0, 0.05) is 22.8 Å². The average molecular weight is 399 g/mol. The summed E-state index contributed by atoms with van der Waals surface area (Å²) >= 11 is 0. The van der Waals surface area contributed by atoms with Crippen LogP contribution < -0.4 is 9.62 Å². The highest BCUT2D eigenvalue weighted by molar-refractivity contribution is 7.92. The molecule has 4 nitrogen and oxygen atoms in total. The van der Waals surface area contributed by atoms with Crippen molar-refractivity contribution >= 4 is 40.0 Å². The molecule has 2 aromatic carbocycles. The Labute approximate surface area is 162 Å². The lowest BCUT2D eigenvalue weighted by Crippen LogP contribution is -2.40. The first-order valence-electron chi connectivity index (χ1n) is 9.43. The van der Waals surface area contributed by atoms with Gasteiger partial charge in [0.15, 0.2) is 0 Å². The second-order valence-corrected chi connectivity index (χ2v) is 15.3. The number of aromatic nitrogens is 1. The van der Waals surface area contributed by atoms with E-state index >= 15 is 0 Å². The lowest BCUT2D eigenvalue weighted by Gasteiger charge is -2.24. The van der Waals surface area contributed by atoms with Crippen LogP contribution >= 0.6 is 0 Å². The summed E-state index contributed by atoms with van der Waals surface area (Å²) in [6, 6.07) is 13.1. The van der Waals surface area contributed by atoms with Crippen LogP contribution in [0.3, 0.4) is 0 Å². The fourth-order valence-corrected chi connectivity index (χ4v) is 7.18. The molecule has 0 amide bonds. The molecule has 0 fully saturated rings. The first-order chi connectivity index (χ1) is 12.7. The second-order valence-electron chi connectivity index (χ2n) is 8.42. The number of aromatic amines is 1. The Morgan fingerprint density at radius 1 is 1.04 bits per heavy atom. The van der Waals surface area contributed by atoms with Crippen LogP contribution in [0.1, 0.15) is 17.5 Å². The smallest absolute Gasteiger partial charge is 0.264 e. The summed E-state index contributed by atoms with van der Waals surface area (Å²) in [6.45, 7) is 9.47. The van der Waals surface area contributed by atoms with Gasteiger partial charge in [0.2, 0.25) is 0 Å². The molecule has 142 valence electrons. The zero-order chi connectivity index (χ0) is 19.4. The number of nitrogens with one attached hydrogen (secondary N) is 1. The zero-order valence-electron chi connectivity index (χ0n) is 16.3. The molecule has 0 bridgehead atoms. The third-order valence-electron chi connectivity index (χ3n) is 5.32. The molecular weight excluding hydrogens is 372 g/mol. The predicted octanol–water partition coefficient (Wildman–Crippen LogP) is 4.16. The molecule has 0 aliphatic carbocycles. The molecular formula is C21H26N2O2SSi. The first kappa shape index (κ1) is 18.3. The van der Waals surface area contributed by atoms with E-state index in [1.165, 1.54) is 10.9 Å². The van der Waals surface area contributed by atoms with Crippen molar-refractivity contribution in [3.63, 3.8) is 0 Å². The molecule has 0 atom stereocenters. The van der Waals surface area contributed by atoms with Gasteiger partial charge in [-0.25, -0.2) is 8.42 Å². The van der Waals surface area contributed by atoms with Gasteiger partial charge in [-0.05, 0) is 49.6 Å². The molecule has 1 aliphatic heterocycles. The molecule has 4 rings (SSSR count). The second kappa shape index (κ2) is 6.24. The molecule has 27 heavy (non-hydrogen) atoms. The van der Waals surface area contributed by atoms with Crippen molar-refractivity contribution in [2.45, 2.75) is 44.3 Å². The number of hydrogen-bond acceptors (Lipinski definition) is 2. The van der Waals surface area contributed by atoms with Gasteiger partial charge in [0.25, 0.3) is 10.0 Å². The van der Waals surface area contributed by atoms with E-state index in [1.807, 2.05) is 31.2 Å². The quantitative estimate of drug-likeness (QED) is 0.674. The monoisotopic (exact) mass is 398 g/mol. The Balaban J connectivity index is 1.94. The van der Waals surface area contributed by atoms with E-state index in [0.29, 0.717) is 11.4 Å². The van der Waals surface area contributed by atoms with Gasteiger partial charge in [0.05, 0.1) is 18.7 Å². The van der Waals surface area contributed by atoms with E-state index in [4.69, 9.17) is 0 Å². The van der Waals surface area contributed by atoms with Gasteiger partial charge in [-0.3, -0.25) is 4.31 Å². The topological polar surface area (TPSA) is 53.2 Å². The van der Waals surface area contributed by atoms with Gasteiger partial charge in [-0.1, -0.05) is 43.4 Å². The van der Waals surface area contributed by atoms with E-state index in [2.05, 4.69) is 30.7 Å². The van der Waals surface area contributed by atoms with E-state index in [9.17, 15) is 8.42 Å². The van der Waals surface area contributed by atoms with Crippen molar-refractivity contribution in [3.8, 4) is 0 Å². The highest BCUT2D eigenvalue weighted by atomic mass is 32.2. The van der Waals surface area contributed by atoms with E-state index in [0.717, 1.165) is 35.0 Å². The van der Waals surface area contributed by atoms with Gasteiger partial charge in [-0.15, -0.1) is 0 Å². The zero-order valence-corrected chi connectivity index (χ0v) is 18.2. The summed E-state index contributed by atoms with van der Waals surface area (Å²) in [5.41, 5.74) is 4.23. The molecule has 0 saturated heterocycles. The summed E-state index contributed by atoms with van der Waals surface area (Å²) in [5.74, 6) is 0. The Bertz CT molecular complexity index is 1110. The molecule has 0 saturated carbocycles. The van der Waals surface area contributed by atoms with Crippen molar-refractivity contribution in [1.29, 1.82) is 0 Å². The maximum atomic E-state index is 13.4. The predicted molar refractivity (Wildman–Crippen MR) is 115 cm³/mol. The number of nitrogens with zero attached hydrogens (tertiary/aromatic N) is 1. The number of aryl methyl sites for hydroxylation is 2. The third kappa shape index (κ3) is 3.01. The fourth-order valence-electron chi connectivity index (χ4n) is 4.00. The molecule has 2 heterocycles. The molecule has 0 radical (unpaired) electrons. The van der Waals surface area contributed by atoms with Gasteiger partial charge >= 0.3 is 0 Å². The largest absolute Gasteiger partial charge is 0.362 e. The van der Waals surface area contributed by atoms with Crippen molar-refractivity contribution in [2.24, 2.45) is 0 Å². The highest BCUT2D eigenvalue weighted by Gasteiger charge is 2.32. The Kier molecular flexibility index (Phi) is 4.23. The average Bonchev–Trinajstić information content (AvgIpc) is 2.86. The number of H-pyrrole nitrogens is 1. The summed E-state index contributed by atoms with van der Waals surface area (Å²) < 4.78 is 28.5. The molecule has 0 unspecified atom stereocenters. The van der Waals surface area contributed by atoms with Crippen LogP contribution in [0.2, 0.25) is 19.6 Å². The minimum absolute atomic E-state index is 0.356. The van der Waals surface area contributed by atoms with Crippen LogP contribution in [-0.4, -0.2) is 28.0 Å². The van der Waals surface area contributed by atoms with Crippen LogP contribution in [0.15, 0.2) is 47.4 Å². The Hall–Kier alpha value is -2.05. The van der Waals surface area contributed by atoms with Gasteiger partial charge in [0.1, 0.15) is 0 Å². The van der Waals surface area contributed by atoms with Crippen molar-refractivity contribution in [3.05, 3.63) is 53.6 Å². The first-order valence-corrected chi connectivity index (χ1v) is 14.4. The SMILES string of the molecule is Cc1ccc(S(=O)(=O)N2CCCc3c([Si](C)(C)C)[nH]c4cccc2c34)cc1. The van der Waals surface area contributed by atoms with Crippen LogP contribution in [-0.2, 0) is 16.4 Å². The fraction of sp³-hybridized carbons (Fsp3) is 0.333. The lowest BCUT2D eigenvalue weighted by atomic mass is 10.1. The van der Waals surface area contributed by atoms with Crippen LogP contribution in [0.5, 0.6) is 0 Å². The Morgan fingerprint density at radius 2 is 1.74 bits per heavy atom. The number of sulfonamides is 1. The van der Waals surface area contributed by atoms with Gasteiger partial charge < -0.3 is 4.98 Å². The minimum Gasteiger partial charge on any atom is -0.362 e. The standard InChI is InChI=1S/C21H26N2O2SSi/c1-15-10-12-16(13-11-15)26(24,25)23-14-6-7-17-20-18(8-5-9-19(20)23)22-21(17)27(2,3)4/h5,8-13,22H,6-7,14H2,1-4H3. The van der Waals surface area contributed by atoms with E-state index in [-0.39, 0.29) is 0 Å². The molecule has 3 aromatic rings. The highest BCUT2D eigenvalue weighted by Crippen LogP contribution is 2.36. The number of rotatable bonds is 3. The van der Waals surface area contributed by atoms with Crippen molar-refractivity contribution < 1.29 is 8.42 Å². The maximum Gasteiger partial charge on any atom is 0.264 e.